The maximum Gasteiger partial charge on any atom is 0.0991 e. The van der Waals surface area contributed by atoms with Gasteiger partial charge in [0.05, 0.1) is 30.2 Å². The van der Waals surface area contributed by atoms with Crippen molar-refractivity contribution in [3.05, 3.63) is 59.4 Å². The van der Waals surface area contributed by atoms with Crippen LogP contribution in [0.25, 0.3) is 0 Å². The van der Waals surface area contributed by atoms with Gasteiger partial charge in [0.15, 0.2) is 0 Å². The van der Waals surface area contributed by atoms with Crippen molar-refractivity contribution in [2.24, 2.45) is 5.73 Å². The number of nitriles is 1. The van der Waals surface area contributed by atoms with Crippen LogP contribution in [0.4, 0.5) is 4.39 Å². The second kappa shape index (κ2) is 9.94. The van der Waals surface area contributed by atoms with Crippen LogP contribution in [-0.4, -0.2) is 6.54 Å². The summed E-state index contributed by atoms with van der Waals surface area (Å²) in [6.07, 6.45) is 8.76. The Bertz CT molecular complexity index is 586. The van der Waals surface area contributed by atoms with Crippen LogP contribution in [0.5, 0.6) is 0 Å². The number of nitrogens with two attached hydrogens (primary N) is 1. The summed E-state index contributed by atoms with van der Waals surface area (Å²) in [5.74, 6) is 0. The molecule has 23 heavy (non-hydrogen) atoms. The van der Waals surface area contributed by atoms with Gasteiger partial charge in [-0.1, -0.05) is 24.3 Å². The fourth-order valence-electron chi connectivity index (χ4n) is 2.69. The fraction of sp³-hybridized carbons (Fsp3) is 0.421. The topological polar surface area (TPSA) is 59.0 Å². The molecule has 1 aromatic carbocycles. The van der Waals surface area contributed by atoms with Crippen LogP contribution >= 0.6 is 0 Å². The maximum atomic E-state index is 10.5. The van der Waals surface area contributed by atoms with Gasteiger partial charge in [-0.3, -0.25) is 0 Å². The Balaban J connectivity index is 0.000000593. The summed E-state index contributed by atoms with van der Waals surface area (Å²) in [5, 5.41) is 8.96. The van der Waals surface area contributed by atoms with Crippen LogP contribution in [0.15, 0.2) is 42.8 Å². The van der Waals surface area contributed by atoms with Crippen LogP contribution in [0.1, 0.15) is 49.8 Å². The molecule has 1 atom stereocenters. The highest BCUT2D eigenvalue weighted by molar-refractivity contribution is 5.43. The quantitative estimate of drug-likeness (QED) is 0.815. The molecular weight excluding hydrogens is 291 g/mol. The molecule has 1 aliphatic heterocycles. The van der Waals surface area contributed by atoms with E-state index in [0.29, 0.717) is 25.0 Å². The Morgan fingerprint density at radius 1 is 1.39 bits per heavy atom. The van der Waals surface area contributed by atoms with Crippen molar-refractivity contribution >= 4 is 0 Å². The van der Waals surface area contributed by atoms with Crippen molar-refractivity contribution in [3.63, 3.8) is 0 Å². The van der Waals surface area contributed by atoms with Gasteiger partial charge in [0, 0.05) is 0 Å². The van der Waals surface area contributed by atoms with E-state index in [1.165, 1.54) is 11.6 Å². The summed E-state index contributed by atoms with van der Waals surface area (Å²) in [5.41, 5.74) is 8.45. The summed E-state index contributed by atoms with van der Waals surface area (Å²) < 4.78 is 16.6. The average molecular weight is 316 g/mol. The first-order valence-electron chi connectivity index (χ1n) is 7.87. The minimum Gasteiger partial charge on any atom is -0.365 e. The first-order valence-corrected chi connectivity index (χ1v) is 7.87. The normalized spacial score (nSPS) is 19.4. The van der Waals surface area contributed by atoms with E-state index in [1.54, 1.807) is 6.92 Å². The van der Waals surface area contributed by atoms with Crippen LogP contribution in [-0.2, 0) is 16.9 Å². The van der Waals surface area contributed by atoms with Gasteiger partial charge >= 0.3 is 0 Å². The van der Waals surface area contributed by atoms with Gasteiger partial charge in [-0.15, -0.1) is 0 Å². The highest BCUT2D eigenvalue weighted by Crippen LogP contribution is 2.43. The molecule has 0 aromatic heterocycles. The number of halogens is 1. The molecule has 3 nitrogen and oxygen atoms in total. The summed E-state index contributed by atoms with van der Waals surface area (Å²) in [4.78, 5) is 0. The van der Waals surface area contributed by atoms with Crippen molar-refractivity contribution < 1.29 is 9.13 Å². The third-order valence-electron chi connectivity index (χ3n) is 3.82. The van der Waals surface area contributed by atoms with Crippen LogP contribution < -0.4 is 5.73 Å². The standard InChI is InChI=1S/C16H20N2O.C3H5F/c1-2-3-7-16(8-4-9-17)15-6-5-13(11-18)10-14(15)12-19-16;1-2-3-4/h2-3,5-6,10H,4,7-9,12,17H2,1H3;2-3H,1H3/b3-2-;3-2+. The zero-order valence-corrected chi connectivity index (χ0v) is 13.9. The number of benzene rings is 1. The van der Waals surface area contributed by atoms with Crippen molar-refractivity contribution in [2.75, 3.05) is 6.54 Å². The van der Waals surface area contributed by atoms with Crippen molar-refractivity contribution in [3.8, 4) is 6.07 Å². The highest BCUT2D eigenvalue weighted by Gasteiger charge is 2.38. The number of nitrogens with zero attached hydrogens (tertiary/aromatic N) is 1. The molecule has 0 saturated heterocycles. The third kappa shape index (κ3) is 5.02. The van der Waals surface area contributed by atoms with Crippen molar-refractivity contribution in [2.45, 2.75) is 45.3 Å². The minimum absolute atomic E-state index is 0.255. The summed E-state index contributed by atoms with van der Waals surface area (Å²) >= 11 is 0. The van der Waals surface area contributed by atoms with Crippen LogP contribution in [0, 0.1) is 11.3 Å². The molecule has 2 rings (SSSR count). The molecule has 0 bridgehead atoms. The van der Waals surface area contributed by atoms with Crippen LogP contribution in [0.2, 0.25) is 0 Å². The van der Waals surface area contributed by atoms with E-state index in [4.69, 9.17) is 15.7 Å². The monoisotopic (exact) mass is 316 g/mol. The van der Waals surface area contributed by atoms with Gasteiger partial charge in [0.1, 0.15) is 0 Å². The van der Waals surface area contributed by atoms with Gasteiger partial charge in [0.2, 0.25) is 0 Å². The predicted molar refractivity (Wildman–Crippen MR) is 91.3 cm³/mol. The molecule has 0 aliphatic carbocycles. The molecule has 1 heterocycles. The van der Waals surface area contributed by atoms with Gasteiger partial charge in [-0.05, 0) is 62.9 Å². The van der Waals surface area contributed by atoms with Gasteiger partial charge in [-0.2, -0.15) is 5.26 Å². The number of hydrogen-bond acceptors (Lipinski definition) is 3. The Labute approximate surface area is 138 Å². The van der Waals surface area contributed by atoms with E-state index in [0.717, 1.165) is 24.8 Å². The van der Waals surface area contributed by atoms with E-state index in [1.807, 2.05) is 25.1 Å². The molecule has 1 aromatic rings. The number of hydrogen-bond donors (Lipinski definition) is 1. The molecule has 0 fully saturated rings. The second-order valence-electron chi connectivity index (χ2n) is 5.39. The molecule has 0 radical (unpaired) electrons. The van der Waals surface area contributed by atoms with Gasteiger partial charge < -0.3 is 10.5 Å². The smallest absolute Gasteiger partial charge is 0.0991 e. The molecule has 4 heteroatoms. The predicted octanol–water partition coefficient (Wildman–Crippen LogP) is 4.48. The Morgan fingerprint density at radius 3 is 2.70 bits per heavy atom. The third-order valence-corrected chi connectivity index (χ3v) is 3.82. The lowest BCUT2D eigenvalue weighted by Crippen LogP contribution is -2.25. The molecule has 1 aliphatic rings. The number of allylic oxidation sites excluding steroid dienone is 2. The Morgan fingerprint density at radius 2 is 2.13 bits per heavy atom. The van der Waals surface area contributed by atoms with E-state index < -0.39 is 0 Å². The van der Waals surface area contributed by atoms with Gasteiger partial charge in [0.25, 0.3) is 0 Å². The second-order valence-corrected chi connectivity index (χ2v) is 5.39. The molecular formula is C19H25FN2O. The summed E-state index contributed by atoms with van der Waals surface area (Å²) in [7, 11) is 0. The largest absolute Gasteiger partial charge is 0.365 e. The Hall–Kier alpha value is -1.96. The molecule has 1 unspecified atom stereocenters. The SMILES string of the molecule is C/C=C/F.C/C=C\CC1(CCCN)OCc2cc(C#N)ccc21. The van der Waals surface area contributed by atoms with Crippen LogP contribution in [0.3, 0.4) is 0 Å². The van der Waals surface area contributed by atoms with E-state index in [9.17, 15) is 4.39 Å². The lowest BCUT2D eigenvalue weighted by molar-refractivity contribution is -0.0432. The first kappa shape index (κ1) is 19.1. The minimum atomic E-state index is -0.255. The molecule has 2 N–H and O–H groups in total. The van der Waals surface area contributed by atoms with E-state index in [2.05, 4.69) is 18.2 Å². The maximum absolute atomic E-state index is 10.5. The van der Waals surface area contributed by atoms with E-state index in [-0.39, 0.29) is 5.60 Å². The number of rotatable bonds is 5. The Kier molecular flexibility index (Phi) is 8.25. The van der Waals surface area contributed by atoms with Crippen molar-refractivity contribution in [1.82, 2.24) is 0 Å². The average Bonchev–Trinajstić information content (AvgIpc) is 2.96. The first-order chi connectivity index (χ1) is 11.2. The number of ether oxygens (including phenoxy) is 1. The molecule has 124 valence electrons. The molecule has 0 amide bonds. The molecule has 0 saturated carbocycles. The van der Waals surface area contributed by atoms with Gasteiger partial charge in [-0.25, -0.2) is 4.39 Å². The summed E-state index contributed by atoms with van der Waals surface area (Å²) in [6.45, 7) is 4.91. The van der Waals surface area contributed by atoms with Crippen molar-refractivity contribution in [1.29, 1.82) is 5.26 Å². The summed E-state index contributed by atoms with van der Waals surface area (Å²) in [6, 6.07) is 8.04. The lowest BCUT2D eigenvalue weighted by Gasteiger charge is -2.28. The zero-order valence-electron chi connectivity index (χ0n) is 13.9. The fourth-order valence-corrected chi connectivity index (χ4v) is 2.69. The lowest BCUT2D eigenvalue weighted by atomic mass is 9.84. The van der Waals surface area contributed by atoms with E-state index >= 15 is 0 Å². The number of fused-ring (bicyclic) bond motifs is 1. The zero-order chi connectivity index (χ0) is 17.1. The highest BCUT2D eigenvalue weighted by atomic mass is 19.1. The molecule has 0 spiro atoms.